The number of nitrogens with two attached hydrogens (primary N) is 1. The summed E-state index contributed by atoms with van der Waals surface area (Å²) in [6.07, 6.45) is 3.64. The van der Waals surface area contributed by atoms with Crippen molar-refractivity contribution in [3.05, 3.63) is 41.2 Å². The molecule has 1 nitrogen and oxygen atoms in total. The highest BCUT2D eigenvalue weighted by molar-refractivity contribution is 5.53. The van der Waals surface area contributed by atoms with Crippen molar-refractivity contribution in [1.82, 2.24) is 0 Å². The minimum Gasteiger partial charge on any atom is -0.327 e. The lowest BCUT2D eigenvalue weighted by Crippen LogP contribution is -1.93. The van der Waals surface area contributed by atoms with Crippen LogP contribution in [-0.2, 0) is 0 Å². The smallest absolute Gasteiger partial charge is 0.126 e. The van der Waals surface area contributed by atoms with Crippen molar-refractivity contribution in [3.63, 3.8) is 0 Å². The minimum atomic E-state index is -0.172. The molecule has 1 rings (SSSR count). The monoisotopic (exact) mass is 165 g/mol. The first kappa shape index (κ1) is 8.94. The Morgan fingerprint density at radius 2 is 2.25 bits per heavy atom. The van der Waals surface area contributed by atoms with E-state index in [2.05, 4.69) is 0 Å². The quantitative estimate of drug-likeness (QED) is 0.713. The average molecular weight is 165 g/mol. The lowest BCUT2D eigenvalue weighted by atomic mass is 10.1. The summed E-state index contributed by atoms with van der Waals surface area (Å²) in [5, 5.41) is 0. The van der Waals surface area contributed by atoms with E-state index in [1.807, 2.05) is 18.2 Å². The van der Waals surface area contributed by atoms with Crippen LogP contribution in [0.1, 0.15) is 11.1 Å². The molecule has 0 fully saturated rings. The Hall–Kier alpha value is -1.15. The number of halogens is 1. The molecule has 0 heterocycles. The van der Waals surface area contributed by atoms with Gasteiger partial charge < -0.3 is 5.73 Å². The summed E-state index contributed by atoms with van der Waals surface area (Å²) in [6.45, 7) is 2.24. The van der Waals surface area contributed by atoms with Gasteiger partial charge in [0.2, 0.25) is 0 Å². The zero-order chi connectivity index (χ0) is 8.97. The van der Waals surface area contributed by atoms with Crippen molar-refractivity contribution in [3.8, 4) is 0 Å². The molecule has 2 N–H and O–H groups in total. The summed E-state index contributed by atoms with van der Waals surface area (Å²) < 4.78 is 12.9. The van der Waals surface area contributed by atoms with Gasteiger partial charge in [-0.3, -0.25) is 0 Å². The molecule has 12 heavy (non-hydrogen) atoms. The first-order valence-electron chi connectivity index (χ1n) is 3.87. The lowest BCUT2D eigenvalue weighted by Gasteiger charge is -1.99. The van der Waals surface area contributed by atoms with E-state index in [4.69, 9.17) is 5.73 Å². The molecule has 0 radical (unpaired) electrons. The second-order valence-electron chi connectivity index (χ2n) is 2.59. The molecule has 1 aromatic rings. The average Bonchev–Trinajstić information content (AvgIpc) is 2.08. The normalized spacial score (nSPS) is 10.9. The molecule has 1 aromatic carbocycles. The van der Waals surface area contributed by atoms with Crippen LogP contribution in [0.15, 0.2) is 24.3 Å². The van der Waals surface area contributed by atoms with Crippen LogP contribution in [0.5, 0.6) is 0 Å². The predicted octanol–water partition coefficient (Wildman–Crippen LogP) is 2.11. The van der Waals surface area contributed by atoms with Crippen molar-refractivity contribution in [1.29, 1.82) is 0 Å². The first-order valence-corrected chi connectivity index (χ1v) is 3.87. The molecular weight excluding hydrogens is 153 g/mol. The highest BCUT2D eigenvalue weighted by atomic mass is 19.1. The van der Waals surface area contributed by atoms with Crippen molar-refractivity contribution < 1.29 is 4.39 Å². The number of benzene rings is 1. The van der Waals surface area contributed by atoms with Gasteiger partial charge in [0.25, 0.3) is 0 Å². The molecule has 0 unspecified atom stereocenters. The van der Waals surface area contributed by atoms with Crippen molar-refractivity contribution in [2.75, 3.05) is 6.54 Å². The summed E-state index contributed by atoms with van der Waals surface area (Å²) in [5.41, 5.74) is 6.84. The molecule has 0 aliphatic carbocycles. The highest BCUT2D eigenvalue weighted by Crippen LogP contribution is 2.12. The molecule has 0 spiro atoms. The van der Waals surface area contributed by atoms with Crippen LogP contribution in [0.2, 0.25) is 0 Å². The number of rotatable bonds is 2. The van der Waals surface area contributed by atoms with Gasteiger partial charge >= 0.3 is 0 Å². The largest absolute Gasteiger partial charge is 0.327 e. The summed E-state index contributed by atoms with van der Waals surface area (Å²) in [7, 11) is 0. The van der Waals surface area contributed by atoms with E-state index in [0.29, 0.717) is 12.1 Å². The van der Waals surface area contributed by atoms with Crippen LogP contribution >= 0.6 is 0 Å². The van der Waals surface area contributed by atoms with Gasteiger partial charge in [-0.1, -0.05) is 24.3 Å². The summed E-state index contributed by atoms with van der Waals surface area (Å²) in [5.74, 6) is -0.172. The van der Waals surface area contributed by atoms with Crippen LogP contribution in [0, 0.1) is 12.7 Å². The van der Waals surface area contributed by atoms with Crippen LogP contribution in [-0.4, -0.2) is 6.54 Å². The molecule has 0 saturated heterocycles. The van der Waals surface area contributed by atoms with Crippen molar-refractivity contribution >= 4 is 6.08 Å². The third-order valence-corrected chi connectivity index (χ3v) is 1.74. The highest BCUT2D eigenvalue weighted by Gasteiger charge is 1.98. The summed E-state index contributed by atoms with van der Waals surface area (Å²) >= 11 is 0. The van der Waals surface area contributed by atoms with Gasteiger partial charge in [0, 0.05) is 6.54 Å². The van der Waals surface area contributed by atoms with E-state index >= 15 is 0 Å². The van der Waals surface area contributed by atoms with Gasteiger partial charge in [0.15, 0.2) is 0 Å². The van der Waals surface area contributed by atoms with Crippen molar-refractivity contribution in [2.45, 2.75) is 6.92 Å². The fraction of sp³-hybridized carbons (Fsp3) is 0.200. The minimum absolute atomic E-state index is 0.172. The Labute approximate surface area is 71.7 Å². The molecule has 0 aliphatic heterocycles. The zero-order valence-corrected chi connectivity index (χ0v) is 7.05. The van der Waals surface area contributed by atoms with Gasteiger partial charge in [-0.2, -0.15) is 0 Å². The summed E-state index contributed by atoms with van der Waals surface area (Å²) in [6, 6.07) is 5.01. The van der Waals surface area contributed by atoms with Crippen molar-refractivity contribution in [2.24, 2.45) is 5.73 Å². The SMILES string of the molecule is Cc1c(F)cccc1C=CCN. The Morgan fingerprint density at radius 3 is 2.92 bits per heavy atom. The van der Waals surface area contributed by atoms with Crippen LogP contribution in [0.3, 0.4) is 0 Å². The van der Waals surface area contributed by atoms with Gasteiger partial charge in [0.1, 0.15) is 5.82 Å². The molecule has 0 aliphatic rings. The van der Waals surface area contributed by atoms with Gasteiger partial charge in [-0.25, -0.2) is 4.39 Å². The van der Waals surface area contributed by atoms with E-state index in [0.717, 1.165) is 5.56 Å². The standard InChI is InChI=1S/C10H12FN/c1-8-9(5-3-7-12)4-2-6-10(8)11/h2-6H,7,12H2,1H3. The van der Waals surface area contributed by atoms with Gasteiger partial charge in [-0.05, 0) is 24.1 Å². The van der Waals surface area contributed by atoms with E-state index in [1.165, 1.54) is 6.07 Å². The molecule has 0 saturated carbocycles. The van der Waals surface area contributed by atoms with Crippen LogP contribution in [0.25, 0.3) is 6.08 Å². The molecule has 0 bridgehead atoms. The van der Waals surface area contributed by atoms with Crippen LogP contribution in [0.4, 0.5) is 4.39 Å². The fourth-order valence-electron chi connectivity index (χ4n) is 1.000. The Morgan fingerprint density at radius 1 is 1.50 bits per heavy atom. The molecular formula is C10H12FN. The summed E-state index contributed by atoms with van der Waals surface area (Å²) in [4.78, 5) is 0. The zero-order valence-electron chi connectivity index (χ0n) is 7.05. The number of hydrogen-bond donors (Lipinski definition) is 1. The second-order valence-corrected chi connectivity index (χ2v) is 2.59. The van der Waals surface area contributed by atoms with E-state index in [9.17, 15) is 4.39 Å². The van der Waals surface area contributed by atoms with E-state index in [-0.39, 0.29) is 5.82 Å². The first-order chi connectivity index (χ1) is 5.75. The third kappa shape index (κ3) is 1.92. The number of hydrogen-bond acceptors (Lipinski definition) is 1. The molecule has 0 atom stereocenters. The topological polar surface area (TPSA) is 26.0 Å². The molecule has 2 heteroatoms. The maximum atomic E-state index is 12.9. The van der Waals surface area contributed by atoms with E-state index in [1.54, 1.807) is 13.0 Å². The maximum Gasteiger partial charge on any atom is 0.126 e. The van der Waals surface area contributed by atoms with Gasteiger partial charge in [-0.15, -0.1) is 0 Å². The predicted molar refractivity (Wildman–Crippen MR) is 49.2 cm³/mol. The fourth-order valence-corrected chi connectivity index (χ4v) is 1.000. The Kier molecular flexibility index (Phi) is 3.00. The Balaban J connectivity index is 3.00. The maximum absolute atomic E-state index is 12.9. The van der Waals surface area contributed by atoms with E-state index < -0.39 is 0 Å². The lowest BCUT2D eigenvalue weighted by molar-refractivity contribution is 0.618. The molecule has 64 valence electrons. The molecule has 0 aromatic heterocycles. The van der Waals surface area contributed by atoms with Crippen LogP contribution < -0.4 is 5.73 Å². The second kappa shape index (κ2) is 4.02. The molecule has 0 amide bonds. The third-order valence-electron chi connectivity index (χ3n) is 1.74. The Bertz CT molecular complexity index is 292. The van der Waals surface area contributed by atoms with Gasteiger partial charge in [0.05, 0.1) is 0 Å².